The predicted molar refractivity (Wildman–Crippen MR) is 61.2 cm³/mol. The third-order valence-electron chi connectivity index (χ3n) is 2.84. The highest BCUT2D eigenvalue weighted by molar-refractivity contribution is 6.36. The first kappa shape index (κ1) is 12.8. The average Bonchev–Trinajstić information content (AvgIpc) is 2.20. The highest BCUT2D eigenvalue weighted by Gasteiger charge is 2.29. The summed E-state index contributed by atoms with van der Waals surface area (Å²) < 4.78 is 0. The Morgan fingerprint density at radius 3 is 2.80 bits per heavy atom. The Kier molecular flexibility index (Phi) is 4.90. The molecular formula is C10H15Cl2NO2. The molecule has 1 fully saturated rings. The minimum absolute atomic E-state index is 0.213. The maximum atomic E-state index is 10.8. The topological polar surface area (TPSA) is 40.5 Å². The van der Waals surface area contributed by atoms with Gasteiger partial charge >= 0.3 is 5.97 Å². The van der Waals surface area contributed by atoms with Crippen molar-refractivity contribution in [3.63, 3.8) is 0 Å². The van der Waals surface area contributed by atoms with Crippen molar-refractivity contribution in [1.29, 1.82) is 0 Å². The van der Waals surface area contributed by atoms with Crippen molar-refractivity contribution in [2.75, 3.05) is 13.1 Å². The Labute approximate surface area is 99.7 Å². The Hall–Kier alpha value is -0.250. The molecule has 5 heteroatoms. The second kappa shape index (κ2) is 5.73. The monoisotopic (exact) mass is 251 g/mol. The van der Waals surface area contributed by atoms with E-state index in [9.17, 15) is 4.79 Å². The average molecular weight is 252 g/mol. The molecule has 0 aromatic heterocycles. The second-order valence-corrected chi connectivity index (χ2v) is 4.64. The molecule has 0 aromatic rings. The van der Waals surface area contributed by atoms with Crippen molar-refractivity contribution in [3.8, 4) is 0 Å². The minimum atomic E-state index is -0.694. The van der Waals surface area contributed by atoms with Crippen molar-refractivity contribution in [3.05, 3.63) is 10.6 Å². The van der Waals surface area contributed by atoms with Gasteiger partial charge in [0.15, 0.2) is 0 Å². The van der Waals surface area contributed by atoms with E-state index in [1.807, 2.05) is 6.92 Å². The van der Waals surface area contributed by atoms with Crippen LogP contribution in [-0.4, -0.2) is 35.1 Å². The van der Waals surface area contributed by atoms with Crippen molar-refractivity contribution < 1.29 is 9.90 Å². The lowest BCUT2D eigenvalue weighted by Gasteiger charge is -2.35. The maximum Gasteiger partial charge on any atom is 0.306 e. The molecule has 0 bridgehead atoms. The van der Waals surface area contributed by atoms with Crippen molar-refractivity contribution in [1.82, 2.24) is 4.90 Å². The zero-order valence-corrected chi connectivity index (χ0v) is 10.1. The van der Waals surface area contributed by atoms with Crippen LogP contribution in [-0.2, 0) is 4.79 Å². The molecule has 1 rings (SSSR count). The zero-order chi connectivity index (χ0) is 11.4. The SMILES string of the molecule is CC1CC(C(=O)O)CCN1C/C(Cl)=C/Cl. The number of hydrogen-bond acceptors (Lipinski definition) is 2. The maximum absolute atomic E-state index is 10.8. The fourth-order valence-corrected chi connectivity index (χ4v) is 2.13. The molecule has 0 radical (unpaired) electrons. The summed E-state index contributed by atoms with van der Waals surface area (Å²) in [4.78, 5) is 13.0. The van der Waals surface area contributed by atoms with Crippen molar-refractivity contribution >= 4 is 29.2 Å². The van der Waals surface area contributed by atoms with Crippen LogP contribution in [0.5, 0.6) is 0 Å². The standard InChI is InChI=1S/C10H15Cl2NO2/c1-7-4-8(10(14)15)2-3-13(7)6-9(12)5-11/h5,7-8H,2-4,6H2,1H3,(H,14,15)/b9-5-. The number of carboxylic acids is 1. The normalized spacial score (nSPS) is 29.1. The lowest BCUT2D eigenvalue weighted by Crippen LogP contribution is -2.43. The number of piperidine rings is 1. The molecule has 0 aromatic carbocycles. The van der Waals surface area contributed by atoms with E-state index in [4.69, 9.17) is 28.3 Å². The van der Waals surface area contributed by atoms with Crippen LogP contribution in [0.4, 0.5) is 0 Å². The van der Waals surface area contributed by atoms with Crippen LogP contribution in [0, 0.1) is 5.92 Å². The van der Waals surface area contributed by atoms with Crippen LogP contribution >= 0.6 is 23.2 Å². The van der Waals surface area contributed by atoms with E-state index in [-0.39, 0.29) is 12.0 Å². The molecule has 1 aliphatic rings. The third kappa shape index (κ3) is 3.67. The summed E-state index contributed by atoms with van der Waals surface area (Å²) >= 11 is 11.3. The molecule has 1 heterocycles. The molecule has 0 amide bonds. The summed E-state index contributed by atoms with van der Waals surface area (Å²) in [5.74, 6) is -0.907. The van der Waals surface area contributed by atoms with Gasteiger partial charge in [0.2, 0.25) is 0 Å². The molecule has 15 heavy (non-hydrogen) atoms. The lowest BCUT2D eigenvalue weighted by atomic mass is 9.92. The van der Waals surface area contributed by atoms with Gasteiger partial charge in [0.25, 0.3) is 0 Å². The predicted octanol–water partition coefficient (Wildman–Crippen LogP) is 2.49. The lowest BCUT2D eigenvalue weighted by molar-refractivity contribution is -0.143. The summed E-state index contributed by atoms with van der Waals surface area (Å²) in [6, 6.07) is 0.241. The quantitative estimate of drug-likeness (QED) is 0.838. The fraction of sp³-hybridized carbons (Fsp3) is 0.700. The van der Waals surface area contributed by atoms with E-state index in [0.29, 0.717) is 24.4 Å². The van der Waals surface area contributed by atoms with Crippen LogP contribution in [0.25, 0.3) is 0 Å². The zero-order valence-electron chi connectivity index (χ0n) is 8.62. The molecule has 3 nitrogen and oxygen atoms in total. The first-order valence-electron chi connectivity index (χ1n) is 4.96. The van der Waals surface area contributed by atoms with Gasteiger partial charge < -0.3 is 5.11 Å². The van der Waals surface area contributed by atoms with Gasteiger partial charge in [-0.25, -0.2) is 0 Å². The minimum Gasteiger partial charge on any atom is -0.481 e. The molecule has 2 unspecified atom stereocenters. The molecular weight excluding hydrogens is 237 g/mol. The number of aliphatic carboxylic acids is 1. The van der Waals surface area contributed by atoms with Crippen molar-refractivity contribution in [2.45, 2.75) is 25.8 Å². The Balaban J connectivity index is 2.49. The van der Waals surface area contributed by atoms with Gasteiger partial charge in [-0.3, -0.25) is 9.69 Å². The Morgan fingerprint density at radius 1 is 1.67 bits per heavy atom. The van der Waals surface area contributed by atoms with Crippen molar-refractivity contribution in [2.24, 2.45) is 5.92 Å². The van der Waals surface area contributed by atoms with Gasteiger partial charge in [-0.1, -0.05) is 23.2 Å². The third-order valence-corrected chi connectivity index (χ3v) is 3.44. The Bertz CT molecular complexity index is 268. The number of rotatable bonds is 3. The van der Waals surface area contributed by atoms with Crippen LogP contribution in [0.2, 0.25) is 0 Å². The molecule has 1 aliphatic heterocycles. The number of likely N-dealkylation sites (tertiary alicyclic amines) is 1. The highest BCUT2D eigenvalue weighted by Crippen LogP contribution is 2.24. The van der Waals surface area contributed by atoms with Gasteiger partial charge in [0, 0.05) is 23.2 Å². The van der Waals surface area contributed by atoms with E-state index in [1.54, 1.807) is 0 Å². The summed E-state index contributed by atoms with van der Waals surface area (Å²) in [5.41, 5.74) is 1.36. The first-order valence-corrected chi connectivity index (χ1v) is 5.77. The van der Waals surface area contributed by atoms with Gasteiger partial charge in [-0.15, -0.1) is 0 Å². The van der Waals surface area contributed by atoms with Crippen LogP contribution < -0.4 is 0 Å². The Morgan fingerprint density at radius 2 is 2.33 bits per heavy atom. The van der Waals surface area contributed by atoms with Crippen LogP contribution in [0.3, 0.4) is 0 Å². The van der Waals surface area contributed by atoms with E-state index in [0.717, 1.165) is 6.54 Å². The molecule has 1 saturated heterocycles. The van der Waals surface area contributed by atoms with E-state index in [1.165, 1.54) is 5.54 Å². The van der Waals surface area contributed by atoms with E-state index in [2.05, 4.69) is 4.90 Å². The van der Waals surface area contributed by atoms with Crippen LogP contribution in [0.15, 0.2) is 10.6 Å². The molecule has 0 spiro atoms. The number of nitrogens with zero attached hydrogens (tertiary/aromatic N) is 1. The molecule has 86 valence electrons. The van der Waals surface area contributed by atoms with Gasteiger partial charge in [0.1, 0.15) is 0 Å². The second-order valence-electron chi connectivity index (χ2n) is 3.94. The summed E-state index contributed by atoms with van der Waals surface area (Å²) in [5, 5.41) is 9.49. The van der Waals surface area contributed by atoms with Crippen LogP contribution in [0.1, 0.15) is 19.8 Å². The number of carbonyl (C=O) groups is 1. The summed E-state index contributed by atoms with van der Waals surface area (Å²) in [6.45, 7) is 3.39. The van der Waals surface area contributed by atoms with Gasteiger partial charge in [0.05, 0.1) is 5.92 Å². The summed E-state index contributed by atoms with van der Waals surface area (Å²) in [7, 11) is 0. The highest BCUT2D eigenvalue weighted by atomic mass is 35.5. The molecule has 0 aliphatic carbocycles. The smallest absolute Gasteiger partial charge is 0.306 e. The first-order chi connectivity index (χ1) is 7.04. The number of hydrogen-bond donors (Lipinski definition) is 1. The number of carboxylic acid groups (broad SMARTS) is 1. The van der Waals surface area contributed by atoms with E-state index >= 15 is 0 Å². The molecule has 2 atom stereocenters. The summed E-state index contributed by atoms with van der Waals surface area (Å²) in [6.07, 6.45) is 1.37. The van der Waals surface area contributed by atoms with Gasteiger partial charge in [-0.2, -0.15) is 0 Å². The number of halogens is 2. The fourth-order valence-electron chi connectivity index (χ4n) is 1.91. The molecule has 1 N–H and O–H groups in total. The van der Waals surface area contributed by atoms with E-state index < -0.39 is 5.97 Å². The largest absolute Gasteiger partial charge is 0.481 e. The molecule has 0 saturated carbocycles. The van der Waals surface area contributed by atoms with Gasteiger partial charge in [-0.05, 0) is 26.3 Å².